The molecule has 0 spiro atoms. The van der Waals surface area contributed by atoms with Gasteiger partial charge in [-0.3, -0.25) is 4.99 Å². The Morgan fingerprint density at radius 1 is 1.15 bits per heavy atom. The van der Waals surface area contributed by atoms with Crippen molar-refractivity contribution in [3.8, 4) is 0 Å². The number of nitrogens with two attached hydrogens (primary N) is 1. The highest BCUT2D eigenvalue weighted by molar-refractivity contribution is 5.78. The highest BCUT2D eigenvalue weighted by Crippen LogP contribution is 2.38. The third-order valence-corrected chi connectivity index (χ3v) is 4.86. The lowest BCUT2D eigenvalue weighted by Gasteiger charge is -2.31. The summed E-state index contributed by atoms with van der Waals surface area (Å²) in [5.41, 5.74) is 6.46. The number of rotatable bonds is 5. The second kappa shape index (κ2) is 7.30. The molecule has 0 unspecified atom stereocenters. The first-order chi connectivity index (χ1) is 9.60. The SMILES string of the molecule is CN(C)CC1(CN=C(N)NC2CCCCC2)CCCC1. The summed E-state index contributed by atoms with van der Waals surface area (Å²) in [5.74, 6) is 0.668. The van der Waals surface area contributed by atoms with Crippen molar-refractivity contribution in [1.82, 2.24) is 10.2 Å². The van der Waals surface area contributed by atoms with Crippen molar-refractivity contribution < 1.29 is 0 Å². The van der Waals surface area contributed by atoms with Gasteiger partial charge in [-0.15, -0.1) is 0 Å². The third kappa shape index (κ3) is 4.65. The van der Waals surface area contributed by atoms with E-state index in [-0.39, 0.29) is 0 Å². The zero-order valence-electron chi connectivity index (χ0n) is 13.3. The highest BCUT2D eigenvalue weighted by Gasteiger charge is 2.34. The molecule has 0 aliphatic heterocycles. The summed E-state index contributed by atoms with van der Waals surface area (Å²) in [6.07, 6.45) is 11.8. The van der Waals surface area contributed by atoms with Gasteiger partial charge in [-0.1, -0.05) is 32.1 Å². The molecular formula is C16H32N4. The van der Waals surface area contributed by atoms with Gasteiger partial charge >= 0.3 is 0 Å². The fraction of sp³-hybridized carbons (Fsp3) is 0.938. The first-order valence-electron chi connectivity index (χ1n) is 8.31. The van der Waals surface area contributed by atoms with Gasteiger partial charge in [0.05, 0.1) is 0 Å². The summed E-state index contributed by atoms with van der Waals surface area (Å²) in [7, 11) is 4.32. The van der Waals surface area contributed by atoms with Gasteiger partial charge < -0.3 is 16.0 Å². The Balaban J connectivity index is 1.84. The molecule has 0 heterocycles. The van der Waals surface area contributed by atoms with Crippen LogP contribution in [0.15, 0.2) is 4.99 Å². The highest BCUT2D eigenvalue weighted by atomic mass is 15.1. The molecule has 0 amide bonds. The first-order valence-corrected chi connectivity index (χ1v) is 8.31. The predicted octanol–water partition coefficient (Wildman–Crippen LogP) is 2.35. The lowest BCUT2D eigenvalue weighted by molar-refractivity contribution is 0.210. The first kappa shape index (κ1) is 15.6. The topological polar surface area (TPSA) is 53.6 Å². The van der Waals surface area contributed by atoms with Gasteiger partial charge in [0, 0.05) is 24.5 Å². The van der Waals surface area contributed by atoms with E-state index in [0.29, 0.717) is 17.4 Å². The molecule has 116 valence electrons. The maximum Gasteiger partial charge on any atom is 0.188 e. The summed E-state index contributed by atoms with van der Waals surface area (Å²) in [4.78, 5) is 6.98. The molecule has 0 saturated heterocycles. The minimum absolute atomic E-state index is 0.363. The van der Waals surface area contributed by atoms with Crippen LogP contribution < -0.4 is 11.1 Å². The molecule has 0 aromatic carbocycles. The van der Waals surface area contributed by atoms with Crippen molar-refractivity contribution in [3.63, 3.8) is 0 Å². The van der Waals surface area contributed by atoms with Crippen LogP contribution in [0, 0.1) is 5.41 Å². The number of hydrogen-bond acceptors (Lipinski definition) is 2. The fourth-order valence-electron chi connectivity index (χ4n) is 3.92. The second-order valence-corrected chi connectivity index (χ2v) is 7.13. The number of nitrogens with one attached hydrogen (secondary N) is 1. The molecule has 2 rings (SSSR count). The molecule has 0 aromatic heterocycles. The lowest BCUT2D eigenvalue weighted by atomic mass is 9.86. The minimum atomic E-state index is 0.363. The van der Waals surface area contributed by atoms with Crippen LogP contribution in [0.2, 0.25) is 0 Å². The van der Waals surface area contributed by atoms with Gasteiger partial charge in [0.25, 0.3) is 0 Å². The summed E-state index contributed by atoms with van der Waals surface area (Å²) >= 11 is 0. The zero-order chi connectivity index (χ0) is 14.4. The molecule has 2 aliphatic rings. The van der Waals surface area contributed by atoms with E-state index in [4.69, 9.17) is 5.73 Å². The summed E-state index contributed by atoms with van der Waals surface area (Å²) in [6, 6.07) is 0.556. The van der Waals surface area contributed by atoms with Crippen LogP contribution in [0.5, 0.6) is 0 Å². The van der Waals surface area contributed by atoms with Gasteiger partial charge in [-0.05, 0) is 39.8 Å². The van der Waals surface area contributed by atoms with Gasteiger partial charge in [-0.25, -0.2) is 0 Å². The molecule has 0 bridgehead atoms. The minimum Gasteiger partial charge on any atom is -0.370 e. The molecule has 2 aliphatic carbocycles. The number of hydrogen-bond donors (Lipinski definition) is 2. The number of aliphatic imine (C=N–C) groups is 1. The normalized spacial score (nSPS) is 24.2. The van der Waals surface area contributed by atoms with Crippen molar-refractivity contribution in [2.45, 2.75) is 63.8 Å². The molecule has 0 radical (unpaired) electrons. The molecular weight excluding hydrogens is 248 g/mol. The van der Waals surface area contributed by atoms with E-state index in [1.807, 2.05) is 0 Å². The van der Waals surface area contributed by atoms with E-state index in [0.717, 1.165) is 13.1 Å². The molecule has 3 N–H and O–H groups in total. The number of nitrogens with zero attached hydrogens (tertiary/aromatic N) is 2. The average Bonchev–Trinajstić information content (AvgIpc) is 2.86. The Bertz CT molecular complexity index is 312. The van der Waals surface area contributed by atoms with E-state index in [1.165, 1.54) is 57.8 Å². The Kier molecular flexibility index (Phi) is 5.70. The van der Waals surface area contributed by atoms with Crippen LogP contribution in [-0.2, 0) is 0 Å². The Hall–Kier alpha value is -0.770. The van der Waals surface area contributed by atoms with Crippen molar-refractivity contribution in [1.29, 1.82) is 0 Å². The van der Waals surface area contributed by atoms with Gasteiger partial charge in [0.2, 0.25) is 0 Å². The quantitative estimate of drug-likeness (QED) is 0.600. The predicted molar refractivity (Wildman–Crippen MR) is 86.0 cm³/mol. The van der Waals surface area contributed by atoms with Crippen molar-refractivity contribution in [2.24, 2.45) is 16.1 Å². The van der Waals surface area contributed by atoms with Gasteiger partial charge in [0.15, 0.2) is 5.96 Å². The Labute approximate surface area is 124 Å². The molecule has 0 aromatic rings. The van der Waals surface area contributed by atoms with E-state index < -0.39 is 0 Å². The van der Waals surface area contributed by atoms with Crippen LogP contribution in [0.3, 0.4) is 0 Å². The molecule has 20 heavy (non-hydrogen) atoms. The van der Waals surface area contributed by atoms with E-state index in [1.54, 1.807) is 0 Å². The van der Waals surface area contributed by atoms with Crippen molar-refractivity contribution in [3.05, 3.63) is 0 Å². The average molecular weight is 280 g/mol. The van der Waals surface area contributed by atoms with E-state index in [9.17, 15) is 0 Å². The molecule has 4 nitrogen and oxygen atoms in total. The van der Waals surface area contributed by atoms with Crippen LogP contribution in [0.4, 0.5) is 0 Å². The van der Waals surface area contributed by atoms with Gasteiger partial charge in [0.1, 0.15) is 0 Å². The van der Waals surface area contributed by atoms with E-state index in [2.05, 4.69) is 29.3 Å². The standard InChI is InChI=1S/C16H32N4/c1-20(2)13-16(10-6-7-11-16)12-18-15(17)19-14-8-4-3-5-9-14/h14H,3-13H2,1-2H3,(H3,17,18,19). The monoisotopic (exact) mass is 280 g/mol. The Morgan fingerprint density at radius 3 is 2.40 bits per heavy atom. The van der Waals surface area contributed by atoms with Crippen LogP contribution >= 0.6 is 0 Å². The largest absolute Gasteiger partial charge is 0.370 e. The summed E-state index contributed by atoms with van der Waals surface area (Å²) in [6.45, 7) is 2.02. The molecule has 2 fully saturated rings. The molecule has 2 saturated carbocycles. The molecule has 0 atom stereocenters. The third-order valence-electron chi connectivity index (χ3n) is 4.86. The maximum atomic E-state index is 6.10. The smallest absolute Gasteiger partial charge is 0.188 e. The van der Waals surface area contributed by atoms with Crippen molar-refractivity contribution >= 4 is 5.96 Å². The number of guanidine groups is 1. The van der Waals surface area contributed by atoms with Crippen LogP contribution in [-0.4, -0.2) is 44.1 Å². The summed E-state index contributed by atoms with van der Waals surface area (Å²) in [5, 5.41) is 3.43. The van der Waals surface area contributed by atoms with Crippen molar-refractivity contribution in [2.75, 3.05) is 27.2 Å². The maximum absolute atomic E-state index is 6.10. The fourth-order valence-corrected chi connectivity index (χ4v) is 3.92. The van der Waals surface area contributed by atoms with Crippen LogP contribution in [0.1, 0.15) is 57.8 Å². The summed E-state index contributed by atoms with van der Waals surface area (Å²) < 4.78 is 0. The molecule has 4 heteroatoms. The van der Waals surface area contributed by atoms with Gasteiger partial charge in [-0.2, -0.15) is 0 Å². The Morgan fingerprint density at radius 2 is 1.80 bits per heavy atom. The zero-order valence-corrected chi connectivity index (χ0v) is 13.3. The second-order valence-electron chi connectivity index (χ2n) is 7.13. The lowest BCUT2D eigenvalue weighted by Crippen LogP contribution is -2.42. The van der Waals surface area contributed by atoms with E-state index >= 15 is 0 Å². The van der Waals surface area contributed by atoms with Crippen LogP contribution in [0.25, 0.3) is 0 Å².